The van der Waals surface area contributed by atoms with Gasteiger partial charge >= 0.3 is 6.09 Å². The highest BCUT2D eigenvalue weighted by atomic mass is 16.6. The highest BCUT2D eigenvalue weighted by molar-refractivity contribution is 5.68. The van der Waals surface area contributed by atoms with Crippen molar-refractivity contribution in [3.8, 4) is 0 Å². The van der Waals surface area contributed by atoms with E-state index in [1.54, 1.807) is 0 Å². The van der Waals surface area contributed by atoms with Crippen LogP contribution in [0.2, 0.25) is 0 Å². The van der Waals surface area contributed by atoms with Crippen LogP contribution in [0.1, 0.15) is 19.4 Å². The van der Waals surface area contributed by atoms with Gasteiger partial charge in [-0.05, 0) is 26.5 Å². The zero-order chi connectivity index (χ0) is 13.8. The fraction of sp³-hybridized carbons (Fsp3) is 0.533. The highest BCUT2D eigenvalue weighted by Gasteiger charge is 2.30. The van der Waals surface area contributed by atoms with Crippen LogP contribution in [0.3, 0.4) is 0 Å². The molecule has 2 atom stereocenters. The second-order valence-corrected chi connectivity index (χ2v) is 5.33. The number of likely N-dealkylation sites (N-methyl/N-ethyl adjacent to an activating group) is 1. The van der Waals surface area contributed by atoms with Crippen molar-refractivity contribution in [1.29, 1.82) is 0 Å². The van der Waals surface area contributed by atoms with Gasteiger partial charge in [0.25, 0.3) is 0 Å². The fourth-order valence-corrected chi connectivity index (χ4v) is 2.36. The Kier molecular flexibility index (Phi) is 4.43. The minimum atomic E-state index is -0.212. The Bertz CT molecular complexity index is 421. The van der Waals surface area contributed by atoms with E-state index in [1.807, 2.05) is 35.2 Å². The first kappa shape index (κ1) is 13.9. The predicted octanol–water partition coefficient (Wildman–Crippen LogP) is 2.35. The van der Waals surface area contributed by atoms with Crippen molar-refractivity contribution in [3.05, 3.63) is 35.9 Å². The van der Waals surface area contributed by atoms with Crippen molar-refractivity contribution in [1.82, 2.24) is 9.80 Å². The molecular weight excluding hydrogens is 240 g/mol. The lowest BCUT2D eigenvalue weighted by molar-refractivity contribution is 0.0352. The molecule has 1 aliphatic rings. The van der Waals surface area contributed by atoms with E-state index in [9.17, 15) is 4.79 Å². The van der Waals surface area contributed by atoms with Crippen LogP contribution in [0, 0.1) is 0 Å². The molecule has 1 fully saturated rings. The van der Waals surface area contributed by atoms with Gasteiger partial charge in [-0.15, -0.1) is 0 Å². The molecule has 1 saturated heterocycles. The SMILES string of the molecule is C[C@@H]1CN(C)[C@@H](C)CN1C(=O)OCc1ccccc1. The Hall–Kier alpha value is -1.55. The number of ether oxygens (including phenoxy) is 1. The van der Waals surface area contributed by atoms with Crippen molar-refractivity contribution in [2.75, 3.05) is 20.1 Å². The second-order valence-electron chi connectivity index (χ2n) is 5.33. The van der Waals surface area contributed by atoms with Gasteiger partial charge in [-0.1, -0.05) is 30.3 Å². The van der Waals surface area contributed by atoms with Crippen molar-refractivity contribution in [2.45, 2.75) is 32.5 Å². The average Bonchev–Trinajstić information content (AvgIpc) is 2.41. The van der Waals surface area contributed by atoms with E-state index >= 15 is 0 Å². The summed E-state index contributed by atoms with van der Waals surface area (Å²) < 4.78 is 5.39. The van der Waals surface area contributed by atoms with Gasteiger partial charge in [-0.2, -0.15) is 0 Å². The van der Waals surface area contributed by atoms with Crippen LogP contribution in [-0.2, 0) is 11.3 Å². The third-order valence-corrected chi connectivity index (χ3v) is 3.74. The van der Waals surface area contributed by atoms with E-state index in [4.69, 9.17) is 4.74 Å². The number of carbonyl (C=O) groups excluding carboxylic acids is 1. The van der Waals surface area contributed by atoms with Crippen molar-refractivity contribution in [2.24, 2.45) is 0 Å². The number of amides is 1. The maximum absolute atomic E-state index is 12.1. The molecule has 0 N–H and O–H groups in total. The van der Waals surface area contributed by atoms with E-state index < -0.39 is 0 Å². The molecule has 1 aromatic rings. The third kappa shape index (κ3) is 3.47. The van der Waals surface area contributed by atoms with Crippen molar-refractivity contribution >= 4 is 6.09 Å². The molecule has 1 aliphatic heterocycles. The third-order valence-electron chi connectivity index (χ3n) is 3.74. The topological polar surface area (TPSA) is 32.8 Å². The lowest BCUT2D eigenvalue weighted by atomic mass is 10.1. The first-order valence-electron chi connectivity index (χ1n) is 6.75. The van der Waals surface area contributed by atoms with E-state index in [0.717, 1.165) is 18.7 Å². The van der Waals surface area contributed by atoms with Crippen LogP contribution < -0.4 is 0 Å². The van der Waals surface area contributed by atoms with Gasteiger partial charge in [-0.3, -0.25) is 4.90 Å². The molecule has 1 heterocycles. The average molecular weight is 262 g/mol. The van der Waals surface area contributed by atoms with E-state index in [1.165, 1.54) is 0 Å². The molecule has 1 amide bonds. The Labute approximate surface area is 115 Å². The van der Waals surface area contributed by atoms with Crippen molar-refractivity contribution < 1.29 is 9.53 Å². The summed E-state index contributed by atoms with van der Waals surface area (Å²) in [5.41, 5.74) is 1.02. The Balaban J connectivity index is 1.89. The van der Waals surface area contributed by atoms with Gasteiger partial charge in [0.1, 0.15) is 6.61 Å². The fourth-order valence-electron chi connectivity index (χ4n) is 2.36. The van der Waals surface area contributed by atoms with E-state index in [2.05, 4.69) is 25.8 Å². The lowest BCUT2D eigenvalue weighted by Crippen LogP contribution is -2.56. The quantitative estimate of drug-likeness (QED) is 0.820. The molecule has 0 bridgehead atoms. The van der Waals surface area contributed by atoms with Crippen LogP contribution in [0.15, 0.2) is 30.3 Å². The molecule has 104 valence electrons. The molecule has 2 rings (SSSR count). The standard InChI is InChI=1S/C15H22N2O2/c1-12-10-17(13(2)9-16(12)3)15(18)19-11-14-7-5-4-6-8-14/h4-8,12-13H,9-11H2,1-3H3/t12-,13+/m0/s1. The van der Waals surface area contributed by atoms with Gasteiger partial charge in [0.2, 0.25) is 0 Å². The summed E-state index contributed by atoms with van der Waals surface area (Å²) in [6.07, 6.45) is -0.212. The highest BCUT2D eigenvalue weighted by Crippen LogP contribution is 2.15. The molecular formula is C15H22N2O2. The summed E-state index contributed by atoms with van der Waals surface area (Å²) in [4.78, 5) is 16.2. The van der Waals surface area contributed by atoms with E-state index in [0.29, 0.717) is 12.6 Å². The number of hydrogen-bond donors (Lipinski definition) is 0. The molecule has 4 heteroatoms. The molecule has 19 heavy (non-hydrogen) atoms. The summed E-state index contributed by atoms with van der Waals surface area (Å²) in [6, 6.07) is 10.3. The minimum absolute atomic E-state index is 0.199. The first-order valence-corrected chi connectivity index (χ1v) is 6.75. The predicted molar refractivity (Wildman–Crippen MR) is 74.9 cm³/mol. The number of nitrogens with zero attached hydrogens (tertiary/aromatic N) is 2. The Morgan fingerprint density at radius 1 is 1.21 bits per heavy atom. The number of benzene rings is 1. The zero-order valence-corrected chi connectivity index (χ0v) is 11.9. The zero-order valence-electron chi connectivity index (χ0n) is 11.9. The summed E-state index contributed by atoms with van der Waals surface area (Å²) in [7, 11) is 2.09. The van der Waals surface area contributed by atoms with Crippen LogP contribution >= 0.6 is 0 Å². The molecule has 0 radical (unpaired) electrons. The Morgan fingerprint density at radius 2 is 1.89 bits per heavy atom. The molecule has 4 nitrogen and oxygen atoms in total. The normalized spacial score (nSPS) is 24.3. The minimum Gasteiger partial charge on any atom is -0.445 e. The van der Waals surface area contributed by atoms with E-state index in [-0.39, 0.29) is 12.1 Å². The maximum Gasteiger partial charge on any atom is 0.410 e. The lowest BCUT2D eigenvalue weighted by Gasteiger charge is -2.41. The number of hydrogen-bond acceptors (Lipinski definition) is 3. The van der Waals surface area contributed by atoms with Crippen LogP contribution in [0.25, 0.3) is 0 Å². The summed E-state index contributed by atoms with van der Waals surface area (Å²) in [5.74, 6) is 0. The van der Waals surface area contributed by atoms with Crippen LogP contribution in [0.5, 0.6) is 0 Å². The summed E-state index contributed by atoms with van der Waals surface area (Å²) >= 11 is 0. The molecule has 0 saturated carbocycles. The van der Waals surface area contributed by atoms with Gasteiger partial charge in [0.05, 0.1) is 0 Å². The van der Waals surface area contributed by atoms with Gasteiger partial charge in [0, 0.05) is 25.2 Å². The number of piperazine rings is 1. The van der Waals surface area contributed by atoms with Gasteiger partial charge in [0.15, 0.2) is 0 Å². The first-order chi connectivity index (χ1) is 9.08. The monoisotopic (exact) mass is 262 g/mol. The molecule has 1 aromatic carbocycles. The van der Waals surface area contributed by atoms with Crippen LogP contribution in [-0.4, -0.2) is 48.1 Å². The summed E-state index contributed by atoms with van der Waals surface area (Å²) in [5, 5.41) is 0. The largest absolute Gasteiger partial charge is 0.445 e. The van der Waals surface area contributed by atoms with Crippen molar-refractivity contribution in [3.63, 3.8) is 0 Å². The number of rotatable bonds is 2. The summed E-state index contributed by atoms with van der Waals surface area (Å²) in [6.45, 7) is 6.15. The molecule has 0 unspecified atom stereocenters. The smallest absolute Gasteiger partial charge is 0.410 e. The molecule has 0 spiro atoms. The van der Waals surface area contributed by atoms with Gasteiger partial charge < -0.3 is 9.64 Å². The molecule has 0 aliphatic carbocycles. The molecule has 0 aromatic heterocycles. The Morgan fingerprint density at radius 3 is 2.58 bits per heavy atom. The second kappa shape index (κ2) is 6.06. The van der Waals surface area contributed by atoms with Crippen LogP contribution in [0.4, 0.5) is 4.79 Å². The number of carbonyl (C=O) groups is 1. The van der Waals surface area contributed by atoms with Gasteiger partial charge in [-0.25, -0.2) is 4.79 Å². The maximum atomic E-state index is 12.1.